The summed E-state index contributed by atoms with van der Waals surface area (Å²) in [7, 11) is 0. The van der Waals surface area contributed by atoms with E-state index in [0.29, 0.717) is 18.1 Å². The van der Waals surface area contributed by atoms with E-state index in [2.05, 4.69) is 9.36 Å². The summed E-state index contributed by atoms with van der Waals surface area (Å²) < 4.78 is 40.2. The third kappa shape index (κ3) is 4.12. The molecule has 0 bridgehead atoms. The third-order valence-corrected chi connectivity index (χ3v) is 2.87. The smallest absolute Gasteiger partial charge is 0.395 e. The molecule has 8 heteroatoms. The van der Waals surface area contributed by atoms with Crippen LogP contribution in [0.1, 0.15) is 25.6 Å². The lowest BCUT2D eigenvalue weighted by atomic mass is 10.3. The highest BCUT2D eigenvalue weighted by Crippen LogP contribution is 2.30. The maximum Gasteiger partial charge on any atom is 0.452 e. The molecular weight excluding hydrogens is 255 g/mol. The van der Waals surface area contributed by atoms with Gasteiger partial charge in [0.05, 0.1) is 6.61 Å². The largest absolute Gasteiger partial charge is 0.452 e. The Kier molecular flexibility index (Phi) is 5.13. The summed E-state index contributed by atoms with van der Waals surface area (Å²) in [4.78, 5) is 5.07. The van der Waals surface area contributed by atoms with Gasteiger partial charge in [-0.05, 0) is 6.42 Å². The number of hydrogen-bond acceptors (Lipinski definition) is 5. The summed E-state index contributed by atoms with van der Waals surface area (Å²) in [6, 6.07) is 0. The summed E-state index contributed by atoms with van der Waals surface area (Å²) in [5.74, 6) is -1.11. The fourth-order valence-corrected chi connectivity index (χ4v) is 1.97. The molecule has 0 aliphatic carbocycles. The molecule has 0 saturated heterocycles. The second-order valence-electron chi connectivity index (χ2n) is 3.46. The number of hydrogen-bond donors (Lipinski definition) is 1. The Labute approximate surface area is 101 Å². The molecule has 0 saturated carbocycles. The van der Waals surface area contributed by atoms with E-state index in [1.807, 2.05) is 6.92 Å². The van der Waals surface area contributed by atoms with Crippen LogP contribution >= 0.6 is 11.5 Å². The zero-order valence-electron chi connectivity index (χ0n) is 9.37. The van der Waals surface area contributed by atoms with Gasteiger partial charge in [-0.15, -0.1) is 0 Å². The van der Waals surface area contributed by atoms with Crippen molar-refractivity contribution < 1.29 is 18.3 Å². The molecule has 0 aliphatic heterocycles. The average Bonchev–Trinajstić information content (AvgIpc) is 2.72. The minimum Gasteiger partial charge on any atom is -0.395 e. The number of halogens is 3. The van der Waals surface area contributed by atoms with Crippen LogP contribution in [0.3, 0.4) is 0 Å². The lowest BCUT2D eigenvalue weighted by molar-refractivity contribution is -0.144. The molecule has 1 aromatic rings. The molecule has 1 N–H and O–H groups in total. The minimum absolute atomic E-state index is 0.120. The Morgan fingerprint density at radius 1 is 1.35 bits per heavy atom. The second-order valence-corrected chi connectivity index (χ2v) is 4.19. The Morgan fingerprint density at radius 2 is 2.06 bits per heavy atom. The molecule has 0 spiro atoms. The van der Waals surface area contributed by atoms with Crippen LogP contribution in [0.15, 0.2) is 0 Å². The van der Waals surface area contributed by atoms with Crippen LogP contribution in [-0.2, 0) is 6.18 Å². The number of alkyl halides is 3. The Bertz CT molecular complexity index is 342. The Hall–Kier alpha value is -0.890. The van der Waals surface area contributed by atoms with Crippen LogP contribution in [0, 0.1) is 0 Å². The predicted molar refractivity (Wildman–Crippen MR) is 59.1 cm³/mol. The maximum atomic E-state index is 12.3. The van der Waals surface area contributed by atoms with Crippen molar-refractivity contribution in [3.05, 3.63) is 5.82 Å². The van der Waals surface area contributed by atoms with Gasteiger partial charge in [-0.3, -0.25) is 0 Å². The predicted octanol–water partition coefficient (Wildman–Crippen LogP) is 2.16. The quantitative estimate of drug-likeness (QED) is 0.859. The van der Waals surface area contributed by atoms with Gasteiger partial charge >= 0.3 is 6.18 Å². The van der Waals surface area contributed by atoms with E-state index < -0.39 is 12.0 Å². The van der Waals surface area contributed by atoms with Crippen LogP contribution in [0.2, 0.25) is 0 Å². The Morgan fingerprint density at radius 3 is 2.53 bits per heavy atom. The number of rotatable bonds is 6. The molecule has 1 heterocycles. The lowest BCUT2D eigenvalue weighted by Crippen LogP contribution is -2.27. The highest BCUT2D eigenvalue weighted by molar-refractivity contribution is 7.09. The van der Waals surface area contributed by atoms with Crippen LogP contribution in [0.25, 0.3) is 0 Å². The van der Waals surface area contributed by atoms with Gasteiger partial charge in [0.15, 0.2) is 0 Å². The number of aromatic nitrogens is 2. The number of aliphatic hydroxyl groups excluding tert-OH is 1. The zero-order chi connectivity index (χ0) is 12.9. The van der Waals surface area contributed by atoms with Gasteiger partial charge in [-0.25, -0.2) is 0 Å². The monoisotopic (exact) mass is 269 g/mol. The summed E-state index contributed by atoms with van der Waals surface area (Å²) in [6.07, 6.45) is -2.75. The second kappa shape index (κ2) is 6.15. The van der Waals surface area contributed by atoms with Crippen molar-refractivity contribution in [2.75, 3.05) is 24.6 Å². The van der Waals surface area contributed by atoms with Crippen molar-refractivity contribution in [2.45, 2.75) is 25.9 Å². The molecule has 98 valence electrons. The molecule has 0 radical (unpaired) electrons. The molecule has 17 heavy (non-hydrogen) atoms. The van der Waals surface area contributed by atoms with Gasteiger partial charge in [0.1, 0.15) is 0 Å². The van der Waals surface area contributed by atoms with E-state index in [0.717, 1.165) is 12.8 Å². The van der Waals surface area contributed by atoms with Crippen molar-refractivity contribution in [1.82, 2.24) is 9.36 Å². The highest BCUT2D eigenvalue weighted by Gasteiger charge is 2.36. The number of unbranched alkanes of at least 4 members (excludes halogenated alkanes) is 1. The Balaban J connectivity index is 2.76. The SMILES string of the molecule is CCCCN(CCO)c1nc(C(F)(F)F)ns1. The fourth-order valence-electron chi connectivity index (χ4n) is 1.23. The van der Waals surface area contributed by atoms with Gasteiger partial charge in [0.25, 0.3) is 0 Å². The van der Waals surface area contributed by atoms with Gasteiger partial charge in [0.2, 0.25) is 11.0 Å². The van der Waals surface area contributed by atoms with Crippen LogP contribution in [0.4, 0.5) is 18.3 Å². The molecule has 1 aromatic heterocycles. The molecule has 0 atom stereocenters. The molecule has 1 rings (SSSR count). The first-order valence-electron chi connectivity index (χ1n) is 5.25. The van der Waals surface area contributed by atoms with E-state index in [1.165, 1.54) is 0 Å². The number of anilines is 1. The van der Waals surface area contributed by atoms with Crippen LogP contribution in [-0.4, -0.2) is 34.2 Å². The minimum atomic E-state index is -4.51. The van der Waals surface area contributed by atoms with Crippen molar-refractivity contribution in [3.8, 4) is 0 Å². The third-order valence-electron chi connectivity index (χ3n) is 2.09. The maximum absolute atomic E-state index is 12.3. The first kappa shape index (κ1) is 14.2. The van der Waals surface area contributed by atoms with Gasteiger partial charge in [-0.1, -0.05) is 13.3 Å². The van der Waals surface area contributed by atoms with Gasteiger partial charge in [0, 0.05) is 24.6 Å². The fraction of sp³-hybridized carbons (Fsp3) is 0.778. The summed E-state index contributed by atoms with van der Waals surface area (Å²) in [6.45, 7) is 2.71. The molecule has 0 amide bonds. The number of aliphatic hydroxyl groups is 1. The first-order valence-corrected chi connectivity index (χ1v) is 6.03. The molecule has 0 fully saturated rings. The summed E-state index contributed by atoms with van der Waals surface area (Å²) in [5.41, 5.74) is 0. The first-order chi connectivity index (χ1) is 7.99. The zero-order valence-corrected chi connectivity index (χ0v) is 10.2. The molecule has 0 unspecified atom stereocenters. The standard InChI is InChI=1S/C9H14F3N3OS/c1-2-3-4-15(5-6-16)8-13-7(14-17-8)9(10,11)12/h16H,2-6H2,1H3. The van der Waals surface area contributed by atoms with E-state index in [1.54, 1.807) is 4.90 Å². The normalized spacial score (nSPS) is 11.8. The van der Waals surface area contributed by atoms with Crippen LogP contribution < -0.4 is 4.90 Å². The molecule has 0 aromatic carbocycles. The topological polar surface area (TPSA) is 49.2 Å². The lowest BCUT2D eigenvalue weighted by Gasteiger charge is -2.19. The summed E-state index contributed by atoms with van der Waals surface area (Å²) in [5, 5.41) is 9.06. The highest BCUT2D eigenvalue weighted by atomic mass is 32.1. The van der Waals surface area contributed by atoms with Gasteiger partial charge < -0.3 is 10.0 Å². The number of nitrogens with zero attached hydrogens (tertiary/aromatic N) is 3. The van der Waals surface area contributed by atoms with Gasteiger partial charge in [-0.2, -0.15) is 22.5 Å². The van der Waals surface area contributed by atoms with E-state index in [9.17, 15) is 13.2 Å². The van der Waals surface area contributed by atoms with Crippen LogP contribution in [0.5, 0.6) is 0 Å². The van der Waals surface area contributed by atoms with E-state index in [4.69, 9.17) is 5.11 Å². The van der Waals surface area contributed by atoms with Crippen molar-refractivity contribution in [1.29, 1.82) is 0 Å². The van der Waals surface area contributed by atoms with Crippen molar-refractivity contribution >= 4 is 16.7 Å². The average molecular weight is 269 g/mol. The molecule has 4 nitrogen and oxygen atoms in total. The molecular formula is C9H14F3N3OS. The van der Waals surface area contributed by atoms with Crippen molar-refractivity contribution in [2.24, 2.45) is 0 Å². The van der Waals surface area contributed by atoms with Crippen molar-refractivity contribution in [3.63, 3.8) is 0 Å². The van der Waals surface area contributed by atoms with E-state index in [-0.39, 0.29) is 18.3 Å². The van der Waals surface area contributed by atoms with E-state index >= 15 is 0 Å². The molecule has 0 aliphatic rings. The summed E-state index contributed by atoms with van der Waals surface area (Å²) >= 11 is 0.709.